The number of nitrogens with one attached hydrogen (secondary N) is 1. The lowest BCUT2D eigenvalue weighted by atomic mass is 9.97. The van der Waals surface area contributed by atoms with E-state index in [1.165, 1.54) is 0 Å². The predicted octanol–water partition coefficient (Wildman–Crippen LogP) is 0.156. The number of carbonyl (C=O) groups excluding carboxylic acids is 3. The van der Waals surface area contributed by atoms with Gasteiger partial charge in [0.25, 0.3) is 0 Å². The molecule has 1 fully saturated rings. The standard InChI is InChI=1S/C20H35NO9/c1-5-8-13(22)21-16-18(26)17(25)12(29-19(16)27)11-28-14(23)9-6-7-10-15(24)30-20(2,3)4/h12,16-19,25-27H,5-11H2,1-4H3,(H,21,22)/t12-,16-,17-,18-,19?/m1/s1. The van der Waals surface area contributed by atoms with Crippen molar-refractivity contribution in [2.75, 3.05) is 6.61 Å². The lowest BCUT2D eigenvalue weighted by molar-refractivity contribution is -0.255. The van der Waals surface area contributed by atoms with Crippen molar-refractivity contribution >= 4 is 17.8 Å². The van der Waals surface area contributed by atoms with Crippen LogP contribution in [-0.2, 0) is 28.6 Å². The quantitative estimate of drug-likeness (QED) is 0.279. The van der Waals surface area contributed by atoms with Crippen molar-refractivity contribution in [3.63, 3.8) is 0 Å². The van der Waals surface area contributed by atoms with Gasteiger partial charge in [0.15, 0.2) is 6.29 Å². The Kier molecular flexibility index (Phi) is 10.7. The van der Waals surface area contributed by atoms with Gasteiger partial charge in [-0.2, -0.15) is 0 Å². The number of hydrogen-bond acceptors (Lipinski definition) is 9. The molecule has 4 N–H and O–H groups in total. The van der Waals surface area contributed by atoms with Gasteiger partial charge >= 0.3 is 11.9 Å². The molecular formula is C20H35NO9. The molecule has 1 amide bonds. The molecule has 1 saturated heterocycles. The van der Waals surface area contributed by atoms with Crippen LogP contribution >= 0.6 is 0 Å². The second-order valence-electron chi connectivity index (χ2n) is 8.37. The molecule has 1 aliphatic rings. The summed E-state index contributed by atoms with van der Waals surface area (Å²) in [4.78, 5) is 35.1. The van der Waals surface area contributed by atoms with E-state index in [0.29, 0.717) is 19.3 Å². The van der Waals surface area contributed by atoms with Crippen LogP contribution < -0.4 is 5.32 Å². The molecule has 1 heterocycles. The first-order valence-corrected chi connectivity index (χ1v) is 10.3. The summed E-state index contributed by atoms with van der Waals surface area (Å²) in [6.45, 7) is 6.77. The Hall–Kier alpha value is -1.75. The number of rotatable bonds is 10. The predicted molar refractivity (Wildman–Crippen MR) is 105 cm³/mol. The molecule has 0 radical (unpaired) electrons. The number of amides is 1. The van der Waals surface area contributed by atoms with Gasteiger partial charge in [0.1, 0.15) is 36.6 Å². The van der Waals surface area contributed by atoms with Crippen molar-refractivity contribution in [1.29, 1.82) is 0 Å². The van der Waals surface area contributed by atoms with Crippen molar-refractivity contribution in [3.05, 3.63) is 0 Å². The fourth-order valence-electron chi connectivity index (χ4n) is 2.90. The second kappa shape index (κ2) is 12.2. The summed E-state index contributed by atoms with van der Waals surface area (Å²) in [7, 11) is 0. The highest BCUT2D eigenvalue weighted by molar-refractivity contribution is 5.76. The molecule has 0 aromatic rings. The highest BCUT2D eigenvalue weighted by Gasteiger charge is 2.44. The van der Waals surface area contributed by atoms with Gasteiger partial charge in [-0.15, -0.1) is 0 Å². The average Bonchev–Trinajstić information content (AvgIpc) is 2.63. The van der Waals surface area contributed by atoms with Gasteiger partial charge in [0, 0.05) is 19.3 Å². The Bertz CT molecular complexity index is 575. The van der Waals surface area contributed by atoms with Gasteiger partial charge in [-0.3, -0.25) is 14.4 Å². The Morgan fingerprint density at radius 3 is 2.13 bits per heavy atom. The third-order valence-electron chi connectivity index (χ3n) is 4.37. The Morgan fingerprint density at radius 1 is 0.967 bits per heavy atom. The second-order valence-corrected chi connectivity index (χ2v) is 8.37. The molecule has 1 aliphatic heterocycles. The van der Waals surface area contributed by atoms with Crippen LogP contribution in [0.4, 0.5) is 0 Å². The summed E-state index contributed by atoms with van der Waals surface area (Å²) in [6.07, 6.45) is -3.70. The van der Waals surface area contributed by atoms with E-state index in [1.54, 1.807) is 27.7 Å². The summed E-state index contributed by atoms with van der Waals surface area (Å²) in [5.74, 6) is -1.27. The van der Waals surface area contributed by atoms with Crippen LogP contribution in [-0.4, -0.2) is 76.0 Å². The topological polar surface area (TPSA) is 152 Å². The first-order valence-electron chi connectivity index (χ1n) is 10.3. The van der Waals surface area contributed by atoms with Crippen molar-refractivity contribution in [1.82, 2.24) is 5.32 Å². The minimum atomic E-state index is -1.55. The van der Waals surface area contributed by atoms with Gasteiger partial charge in [-0.1, -0.05) is 6.92 Å². The van der Waals surface area contributed by atoms with Crippen LogP contribution in [0.25, 0.3) is 0 Å². The zero-order valence-corrected chi connectivity index (χ0v) is 18.1. The number of unbranched alkanes of at least 4 members (excludes halogenated alkanes) is 1. The van der Waals surface area contributed by atoms with E-state index >= 15 is 0 Å². The summed E-state index contributed by atoms with van der Waals surface area (Å²) < 4.78 is 15.4. The Morgan fingerprint density at radius 2 is 1.57 bits per heavy atom. The number of esters is 2. The van der Waals surface area contributed by atoms with E-state index in [4.69, 9.17) is 14.2 Å². The minimum Gasteiger partial charge on any atom is -0.463 e. The van der Waals surface area contributed by atoms with E-state index in [-0.39, 0.29) is 37.7 Å². The van der Waals surface area contributed by atoms with Crippen molar-refractivity contribution in [2.45, 2.75) is 102 Å². The number of hydrogen-bond donors (Lipinski definition) is 4. The first kappa shape index (κ1) is 26.3. The number of aliphatic hydroxyl groups is 3. The lowest BCUT2D eigenvalue weighted by Crippen LogP contribution is -2.64. The summed E-state index contributed by atoms with van der Waals surface area (Å²) in [6, 6.07) is -1.18. The van der Waals surface area contributed by atoms with Crippen molar-refractivity contribution < 1.29 is 43.9 Å². The molecule has 0 aromatic heterocycles. The van der Waals surface area contributed by atoms with Gasteiger partial charge < -0.3 is 34.8 Å². The Labute approximate surface area is 176 Å². The molecule has 1 rings (SSSR count). The zero-order valence-electron chi connectivity index (χ0n) is 18.1. The molecule has 174 valence electrons. The SMILES string of the molecule is CCCC(=O)N[C@H]1C(O)O[C@H](COC(=O)CCCCC(=O)OC(C)(C)C)[C@@H](O)[C@@H]1O. The van der Waals surface area contributed by atoms with E-state index in [2.05, 4.69) is 5.32 Å². The van der Waals surface area contributed by atoms with Gasteiger partial charge in [0.2, 0.25) is 5.91 Å². The molecule has 5 atom stereocenters. The lowest BCUT2D eigenvalue weighted by Gasteiger charge is -2.40. The van der Waals surface area contributed by atoms with Crippen LogP contribution in [0.15, 0.2) is 0 Å². The summed E-state index contributed by atoms with van der Waals surface area (Å²) in [5.41, 5.74) is -0.552. The van der Waals surface area contributed by atoms with E-state index in [1.807, 2.05) is 0 Å². The Balaban J connectivity index is 2.34. The maximum absolute atomic E-state index is 11.9. The summed E-state index contributed by atoms with van der Waals surface area (Å²) >= 11 is 0. The first-order chi connectivity index (χ1) is 13.9. The van der Waals surface area contributed by atoms with E-state index in [0.717, 1.165) is 0 Å². The molecular weight excluding hydrogens is 398 g/mol. The zero-order chi connectivity index (χ0) is 22.9. The van der Waals surface area contributed by atoms with Gasteiger partial charge in [-0.25, -0.2) is 0 Å². The third-order valence-corrected chi connectivity index (χ3v) is 4.37. The van der Waals surface area contributed by atoms with Gasteiger partial charge in [-0.05, 0) is 40.0 Å². The van der Waals surface area contributed by atoms with E-state index in [9.17, 15) is 29.7 Å². The molecule has 10 heteroatoms. The van der Waals surface area contributed by atoms with Crippen LogP contribution in [0.1, 0.15) is 66.2 Å². The van der Waals surface area contributed by atoms with Crippen LogP contribution in [0.5, 0.6) is 0 Å². The summed E-state index contributed by atoms with van der Waals surface area (Å²) in [5, 5.41) is 32.8. The maximum Gasteiger partial charge on any atom is 0.306 e. The average molecular weight is 433 g/mol. The van der Waals surface area contributed by atoms with Crippen LogP contribution in [0, 0.1) is 0 Å². The number of carbonyl (C=O) groups is 3. The van der Waals surface area contributed by atoms with Gasteiger partial charge in [0.05, 0.1) is 0 Å². The maximum atomic E-state index is 11.9. The molecule has 0 aliphatic carbocycles. The van der Waals surface area contributed by atoms with E-state index < -0.39 is 42.2 Å². The highest BCUT2D eigenvalue weighted by atomic mass is 16.6. The molecule has 10 nitrogen and oxygen atoms in total. The number of aliphatic hydroxyl groups excluding tert-OH is 3. The molecule has 0 bridgehead atoms. The smallest absolute Gasteiger partial charge is 0.306 e. The fourth-order valence-corrected chi connectivity index (χ4v) is 2.90. The van der Waals surface area contributed by atoms with Crippen LogP contribution in [0.2, 0.25) is 0 Å². The molecule has 0 saturated carbocycles. The molecule has 0 aromatic carbocycles. The number of ether oxygens (including phenoxy) is 3. The molecule has 0 spiro atoms. The largest absolute Gasteiger partial charge is 0.463 e. The minimum absolute atomic E-state index is 0.0619. The van der Waals surface area contributed by atoms with Crippen molar-refractivity contribution in [2.24, 2.45) is 0 Å². The van der Waals surface area contributed by atoms with Crippen molar-refractivity contribution in [3.8, 4) is 0 Å². The highest BCUT2D eigenvalue weighted by Crippen LogP contribution is 2.21. The third kappa shape index (κ3) is 9.38. The normalized spacial score (nSPS) is 26.7. The molecule has 30 heavy (non-hydrogen) atoms. The monoisotopic (exact) mass is 433 g/mol. The molecule has 1 unspecified atom stereocenters. The van der Waals surface area contributed by atoms with Crippen LogP contribution in [0.3, 0.4) is 0 Å². The fraction of sp³-hybridized carbons (Fsp3) is 0.850.